The molecule has 0 unspecified atom stereocenters. The second kappa shape index (κ2) is 11.1. The van der Waals surface area contributed by atoms with Crippen LogP contribution in [-0.4, -0.2) is 25.6 Å². The first-order valence-electron chi connectivity index (χ1n) is 12.7. The van der Waals surface area contributed by atoms with Crippen molar-refractivity contribution in [3.63, 3.8) is 0 Å². The Morgan fingerprint density at radius 2 is 1.46 bits per heavy atom. The molecule has 2 heterocycles. The van der Waals surface area contributed by atoms with Crippen LogP contribution in [0.3, 0.4) is 0 Å². The van der Waals surface area contributed by atoms with E-state index in [1.807, 2.05) is 34.9 Å². The van der Waals surface area contributed by atoms with Gasteiger partial charge in [0.25, 0.3) is 5.56 Å². The van der Waals surface area contributed by atoms with E-state index in [4.69, 9.17) is 4.98 Å². The maximum Gasteiger partial charge on any atom is 0.329 e. The fraction of sp³-hybridized carbons (Fsp3) is 0.233. The number of imidazole rings is 1. The largest absolute Gasteiger partial charge is 0.356 e. The van der Waals surface area contributed by atoms with Gasteiger partial charge in [-0.1, -0.05) is 91.0 Å². The predicted molar refractivity (Wildman–Crippen MR) is 148 cm³/mol. The zero-order chi connectivity index (χ0) is 25.6. The van der Waals surface area contributed by atoms with Gasteiger partial charge >= 0.3 is 5.69 Å². The second-order valence-corrected chi connectivity index (χ2v) is 9.26. The molecular weight excluding hydrogens is 462 g/mol. The molecule has 188 valence electrons. The van der Waals surface area contributed by atoms with Gasteiger partial charge in [-0.3, -0.25) is 14.3 Å². The van der Waals surface area contributed by atoms with E-state index in [9.17, 15) is 9.59 Å². The number of nitrogens with zero attached hydrogens (tertiary/aromatic N) is 3. The first-order valence-corrected chi connectivity index (χ1v) is 12.7. The van der Waals surface area contributed by atoms with Crippen LogP contribution in [-0.2, 0) is 20.0 Å². The number of anilines is 1. The highest BCUT2D eigenvalue weighted by atomic mass is 16.2. The molecule has 37 heavy (non-hydrogen) atoms. The van der Waals surface area contributed by atoms with E-state index in [2.05, 4.69) is 71.0 Å². The zero-order valence-electron chi connectivity index (χ0n) is 20.9. The normalized spacial score (nSPS) is 11.3. The molecule has 0 aliphatic heterocycles. The standard InChI is InChI=1S/C30H31N5O2/c1-34-27-26(28(36)33-30(34)37)35(21-11-14-22-12-5-2-6-13-22)29(32-27)31-20-19-25(23-15-7-3-8-16-23)24-17-9-4-10-18-24/h2-10,12-13,15-18,25H,11,14,19-21H2,1H3,(H,31,32)(H,33,36,37). The average Bonchev–Trinajstić information content (AvgIpc) is 3.30. The van der Waals surface area contributed by atoms with Crippen molar-refractivity contribution in [2.24, 2.45) is 7.05 Å². The van der Waals surface area contributed by atoms with E-state index in [1.54, 1.807) is 7.05 Å². The van der Waals surface area contributed by atoms with Crippen molar-refractivity contribution in [1.82, 2.24) is 19.1 Å². The molecule has 2 N–H and O–H groups in total. The molecule has 0 bridgehead atoms. The summed E-state index contributed by atoms with van der Waals surface area (Å²) in [7, 11) is 1.63. The number of aromatic nitrogens is 4. The van der Waals surface area contributed by atoms with Crippen LogP contribution in [0.1, 0.15) is 35.4 Å². The van der Waals surface area contributed by atoms with E-state index >= 15 is 0 Å². The van der Waals surface area contributed by atoms with Crippen molar-refractivity contribution >= 4 is 17.1 Å². The molecule has 7 heteroatoms. The fourth-order valence-electron chi connectivity index (χ4n) is 4.90. The topological polar surface area (TPSA) is 84.7 Å². The third-order valence-electron chi connectivity index (χ3n) is 6.82. The molecule has 0 radical (unpaired) electrons. The summed E-state index contributed by atoms with van der Waals surface area (Å²) < 4.78 is 3.31. The maximum absolute atomic E-state index is 12.8. The van der Waals surface area contributed by atoms with Gasteiger partial charge in [0.2, 0.25) is 5.95 Å². The van der Waals surface area contributed by atoms with Crippen LogP contribution in [0.25, 0.3) is 11.2 Å². The molecule has 0 saturated heterocycles. The molecule has 5 rings (SSSR count). The Bertz CT molecular complexity index is 1530. The monoisotopic (exact) mass is 493 g/mol. The van der Waals surface area contributed by atoms with Crippen LogP contribution < -0.4 is 16.6 Å². The molecule has 0 amide bonds. The Hall–Kier alpha value is -4.39. The molecule has 0 spiro atoms. The molecule has 2 aromatic heterocycles. The Balaban J connectivity index is 1.40. The van der Waals surface area contributed by atoms with E-state index < -0.39 is 11.2 Å². The maximum atomic E-state index is 12.8. The molecular formula is C30H31N5O2. The van der Waals surface area contributed by atoms with Crippen LogP contribution >= 0.6 is 0 Å². The van der Waals surface area contributed by atoms with Gasteiger partial charge in [0, 0.05) is 26.1 Å². The van der Waals surface area contributed by atoms with Crippen molar-refractivity contribution in [2.75, 3.05) is 11.9 Å². The highest BCUT2D eigenvalue weighted by molar-refractivity contribution is 5.74. The number of H-pyrrole nitrogens is 1. The number of aryl methyl sites for hydroxylation is 3. The summed E-state index contributed by atoms with van der Waals surface area (Å²) in [6.45, 7) is 1.26. The molecule has 0 saturated carbocycles. The summed E-state index contributed by atoms with van der Waals surface area (Å²) >= 11 is 0. The third-order valence-corrected chi connectivity index (χ3v) is 6.82. The molecule has 0 atom stereocenters. The highest BCUT2D eigenvalue weighted by Gasteiger charge is 2.18. The highest BCUT2D eigenvalue weighted by Crippen LogP contribution is 2.28. The summed E-state index contributed by atoms with van der Waals surface area (Å²) in [4.78, 5) is 32.2. The lowest BCUT2D eigenvalue weighted by Gasteiger charge is -2.19. The number of nitrogens with one attached hydrogen (secondary N) is 2. The minimum Gasteiger partial charge on any atom is -0.356 e. The van der Waals surface area contributed by atoms with Gasteiger partial charge in [0.05, 0.1) is 0 Å². The number of hydrogen-bond acceptors (Lipinski definition) is 4. The van der Waals surface area contributed by atoms with E-state index in [1.165, 1.54) is 21.3 Å². The SMILES string of the molecule is Cn1c(=O)[nH]c(=O)c2c1nc(NCCC(c1ccccc1)c1ccccc1)n2CCCc1ccccc1. The van der Waals surface area contributed by atoms with Gasteiger partial charge in [-0.2, -0.15) is 4.98 Å². The molecule has 3 aromatic carbocycles. The van der Waals surface area contributed by atoms with Crippen LogP contribution in [0, 0.1) is 0 Å². The van der Waals surface area contributed by atoms with Crippen molar-refractivity contribution in [3.8, 4) is 0 Å². The van der Waals surface area contributed by atoms with Crippen LogP contribution in [0.15, 0.2) is 101 Å². The van der Waals surface area contributed by atoms with Gasteiger partial charge in [-0.05, 0) is 36.0 Å². The van der Waals surface area contributed by atoms with Gasteiger partial charge in [0.15, 0.2) is 11.2 Å². The Morgan fingerprint density at radius 1 is 0.865 bits per heavy atom. The minimum atomic E-state index is -0.466. The Morgan fingerprint density at radius 3 is 2.08 bits per heavy atom. The molecule has 0 fully saturated rings. The summed E-state index contributed by atoms with van der Waals surface area (Å²) in [5.41, 5.74) is 3.68. The van der Waals surface area contributed by atoms with Gasteiger partial charge in [-0.25, -0.2) is 4.79 Å². The summed E-state index contributed by atoms with van der Waals surface area (Å²) in [5, 5.41) is 3.48. The van der Waals surface area contributed by atoms with Crippen molar-refractivity contribution in [2.45, 2.75) is 31.7 Å². The molecule has 5 aromatic rings. The minimum absolute atomic E-state index is 0.221. The lowest BCUT2D eigenvalue weighted by atomic mass is 9.88. The third kappa shape index (κ3) is 5.40. The molecule has 0 aliphatic rings. The summed E-state index contributed by atoms with van der Waals surface area (Å²) in [6, 6.07) is 31.3. The number of benzene rings is 3. The van der Waals surface area contributed by atoms with Crippen molar-refractivity contribution in [1.29, 1.82) is 0 Å². The van der Waals surface area contributed by atoms with Gasteiger partial charge in [0.1, 0.15) is 0 Å². The first-order chi connectivity index (χ1) is 18.1. The van der Waals surface area contributed by atoms with Crippen molar-refractivity contribution < 1.29 is 0 Å². The number of fused-ring (bicyclic) bond motifs is 1. The predicted octanol–water partition coefficient (Wildman–Crippen LogP) is 4.69. The lowest BCUT2D eigenvalue weighted by molar-refractivity contribution is 0.654. The van der Waals surface area contributed by atoms with E-state index in [0.717, 1.165) is 19.3 Å². The van der Waals surface area contributed by atoms with Crippen LogP contribution in [0.2, 0.25) is 0 Å². The first kappa shape index (κ1) is 24.3. The number of rotatable bonds is 10. The van der Waals surface area contributed by atoms with E-state index in [0.29, 0.717) is 30.2 Å². The number of aromatic amines is 1. The average molecular weight is 494 g/mol. The Labute approximate surface area is 215 Å². The van der Waals surface area contributed by atoms with Crippen LogP contribution in [0.4, 0.5) is 5.95 Å². The second-order valence-electron chi connectivity index (χ2n) is 9.26. The number of hydrogen-bond donors (Lipinski definition) is 2. The van der Waals surface area contributed by atoms with Crippen molar-refractivity contribution in [3.05, 3.63) is 129 Å². The quantitative estimate of drug-likeness (QED) is 0.296. The lowest BCUT2D eigenvalue weighted by Crippen LogP contribution is -2.29. The smallest absolute Gasteiger partial charge is 0.329 e. The zero-order valence-corrected chi connectivity index (χ0v) is 20.9. The molecule has 7 nitrogen and oxygen atoms in total. The molecule has 0 aliphatic carbocycles. The fourth-order valence-corrected chi connectivity index (χ4v) is 4.90. The van der Waals surface area contributed by atoms with Gasteiger partial charge < -0.3 is 9.88 Å². The summed E-state index contributed by atoms with van der Waals surface area (Å²) in [5.74, 6) is 0.827. The summed E-state index contributed by atoms with van der Waals surface area (Å²) in [6.07, 6.45) is 2.56. The van der Waals surface area contributed by atoms with Crippen LogP contribution in [0.5, 0.6) is 0 Å². The van der Waals surface area contributed by atoms with Gasteiger partial charge in [-0.15, -0.1) is 0 Å². The Kier molecular flexibility index (Phi) is 7.31. The van der Waals surface area contributed by atoms with E-state index in [-0.39, 0.29) is 5.92 Å².